The molecule has 0 aliphatic heterocycles. The van der Waals surface area contributed by atoms with Crippen molar-refractivity contribution in [2.24, 2.45) is 0 Å². The van der Waals surface area contributed by atoms with Crippen molar-refractivity contribution in [3.8, 4) is 11.1 Å². The molecule has 1 heterocycles. The van der Waals surface area contributed by atoms with Gasteiger partial charge in [-0.2, -0.15) is 5.10 Å². The van der Waals surface area contributed by atoms with Crippen LogP contribution in [0.5, 0.6) is 0 Å². The van der Waals surface area contributed by atoms with Crippen molar-refractivity contribution in [2.75, 3.05) is 13.1 Å². The average molecular weight is 243 g/mol. The van der Waals surface area contributed by atoms with E-state index < -0.39 is 0 Å². The Morgan fingerprint density at radius 3 is 2.67 bits per heavy atom. The van der Waals surface area contributed by atoms with Crippen LogP contribution in [0, 0.1) is 0 Å². The largest absolute Gasteiger partial charge is 0.339 e. The molecule has 1 aromatic heterocycles. The number of carbonyl (C=O) groups is 1. The van der Waals surface area contributed by atoms with E-state index in [4.69, 9.17) is 0 Å². The Kier molecular flexibility index (Phi) is 3.77. The van der Waals surface area contributed by atoms with E-state index in [0.717, 1.165) is 29.8 Å². The van der Waals surface area contributed by atoms with E-state index in [2.05, 4.69) is 10.2 Å². The summed E-state index contributed by atoms with van der Waals surface area (Å²) in [5, 5.41) is 6.70. The molecule has 0 bridgehead atoms. The number of hydrogen-bond acceptors (Lipinski definition) is 2. The zero-order valence-corrected chi connectivity index (χ0v) is 10.7. The van der Waals surface area contributed by atoms with Gasteiger partial charge in [0.15, 0.2) is 0 Å². The summed E-state index contributed by atoms with van der Waals surface area (Å²) in [5.74, 6) is 0.0744. The van der Waals surface area contributed by atoms with Crippen LogP contribution in [0.4, 0.5) is 0 Å². The van der Waals surface area contributed by atoms with Crippen molar-refractivity contribution < 1.29 is 4.79 Å². The Bertz CT molecular complexity index is 516. The first-order chi connectivity index (χ1) is 8.76. The predicted molar refractivity (Wildman–Crippen MR) is 71.3 cm³/mol. The van der Waals surface area contributed by atoms with Gasteiger partial charge in [0.05, 0.1) is 6.20 Å². The SMILES string of the molecule is CCN(CC)C(=O)c1cccc(-c2cn[nH]c2)c1. The van der Waals surface area contributed by atoms with Gasteiger partial charge in [-0.25, -0.2) is 0 Å². The second-order valence-electron chi connectivity index (χ2n) is 4.05. The van der Waals surface area contributed by atoms with Crippen molar-refractivity contribution >= 4 is 5.91 Å². The van der Waals surface area contributed by atoms with E-state index in [9.17, 15) is 4.79 Å². The minimum absolute atomic E-state index is 0.0744. The number of rotatable bonds is 4. The normalized spacial score (nSPS) is 10.3. The maximum Gasteiger partial charge on any atom is 0.253 e. The molecule has 0 saturated carbocycles. The molecule has 2 rings (SSSR count). The fourth-order valence-electron chi connectivity index (χ4n) is 1.93. The van der Waals surface area contributed by atoms with Crippen LogP contribution >= 0.6 is 0 Å². The standard InChI is InChI=1S/C14H17N3O/c1-3-17(4-2)14(18)12-7-5-6-11(8-12)13-9-15-16-10-13/h5-10H,3-4H2,1-2H3,(H,15,16). The molecule has 4 heteroatoms. The van der Waals surface area contributed by atoms with Gasteiger partial charge >= 0.3 is 0 Å². The molecule has 0 aliphatic carbocycles. The highest BCUT2D eigenvalue weighted by molar-refractivity contribution is 5.95. The number of nitrogens with zero attached hydrogens (tertiary/aromatic N) is 2. The summed E-state index contributed by atoms with van der Waals surface area (Å²) >= 11 is 0. The minimum Gasteiger partial charge on any atom is -0.339 e. The fourth-order valence-corrected chi connectivity index (χ4v) is 1.93. The number of aromatic nitrogens is 2. The lowest BCUT2D eigenvalue weighted by Crippen LogP contribution is -2.30. The number of nitrogens with one attached hydrogen (secondary N) is 1. The molecule has 0 atom stereocenters. The molecular weight excluding hydrogens is 226 g/mol. The van der Waals surface area contributed by atoms with E-state index in [1.54, 1.807) is 6.20 Å². The summed E-state index contributed by atoms with van der Waals surface area (Å²) in [5.41, 5.74) is 2.71. The lowest BCUT2D eigenvalue weighted by molar-refractivity contribution is 0.0773. The van der Waals surface area contributed by atoms with Crippen LogP contribution in [0.25, 0.3) is 11.1 Å². The second-order valence-corrected chi connectivity index (χ2v) is 4.05. The maximum atomic E-state index is 12.2. The van der Waals surface area contributed by atoms with Gasteiger partial charge < -0.3 is 4.90 Å². The highest BCUT2D eigenvalue weighted by Gasteiger charge is 2.12. The molecule has 0 aliphatic rings. The quantitative estimate of drug-likeness (QED) is 0.897. The molecular formula is C14H17N3O. The van der Waals surface area contributed by atoms with Crippen LogP contribution in [-0.2, 0) is 0 Å². The Hall–Kier alpha value is -2.10. The van der Waals surface area contributed by atoms with Crippen LogP contribution in [0.3, 0.4) is 0 Å². The lowest BCUT2D eigenvalue weighted by Gasteiger charge is -2.18. The highest BCUT2D eigenvalue weighted by atomic mass is 16.2. The lowest BCUT2D eigenvalue weighted by atomic mass is 10.1. The van der Waals surface area contributed by atoms with Crippen molar-refractivity contribution in [3.63, 3.8) is 0 Å². The fraction of sp³-hybridized carbons (Fsp3) is 0.286. The second kappa shape index (κ2) is 5.49. The molecule has 94 valence electrons. The molecule has 0 fully saturated rings. The summed E-state index contributed by atoms with van der Waals surface area (Å²) in [6, 6.07) is 7.64. The number of amides is 1. The Morgan fingerprint density at radius 1 is 1.28 bits per heavy atom. The molecule has 0 spiro atoms. The van der Waals surface area contributed by atoms with Gasteiger partial charge in [0.2, 0.25) is 0 Å². The summed E-state index contributed by atoms with van der Waals surface area (Å²) in [7, 11) is 0. The van der Waals surface area contributed by atoms with Crippen molar-refractivity contribution in [2.45, 2.75) is 13.8 Å². The summed E-state index contributed by atoms with van der Waals surface area (Å²) in [6.45, 7) is 5.43. The third-order valence-electron chi connectivity index (χ3n) is 2.99. The zero-order chi connectivity index (χ0) is 13.0. The first kappa shape index (κ1) is 12.4. The highest BCUT2D eigenvalue weighted by Crippen LogP contribution is 2.19. The van der Waals surface area contributed by atoms with Crippen LogP contribution in [0.2, 0.25) is 0 Å². The number of aromatic amines is 1. The molecule has 4 nitrogen and oxygen atoms in total. The zero-order valence-electron chi connectivity index (χ0n) is 10.7. The monoisotopic (exact) mass is 243 g/mol. The van der Waals surface area contributed by atoms with Gasteiger partial charge in [0, 0.05) is 30.4 Å². The third-order valence-corrected chi connectivity index (χ3v) is 2.99. The van der Waals surface area contributed by atoms with Gasteiger partial charge in [-0.05, 0) is 31.5 Å². The van der Waals surface area contributed by atoms with Gasteiger partial charge in [0.1, 0.15) is 0 Å². The number of carbonyl (C=O) groups excluding carboxylic acids is 1. The summed E-state index contributed by atoms with van der Waals surface area (Å²) < 4.78 is 0. The maximum absolute atomic E-state index is 12.2. The number of hydrogen-bond donors (Lipinski definition) is 1. The smallest absolute Gasteiger partial charge is 0.253 e. The van der Waals surface area contributed by atoms with Crippen molar-refractivity contribution in [3.05, 3.63) is 42.2 Å². The molecule has 2 aromatic rings. The predicted octanol–water partition coefficient (Wildman–Crippen LogP) is 2.56. The average Bonchev–Trinajstić information content (AvgIpc) is 2.94. The van der Waals surface area contributed by atoms with Crippen LogP contribution < -0.4 is 0 Å². The number of H-pyrrole nitrogens is 1. The van der Waals surface area contributed by atoms with Crippen molar-refractivity contribution in [1.29, 1.82) is 0 Å². The van der Waals surface area contributed by atoms with Crippen LogP contribution in [-0.4, -0.2) is 34.1 Å². The molecule has 0 unspecified atom stereocenters. The number of benzene rings is 1. The summed E-state index contributed by atoms with van der Waals surface area (Å²) in [4.78, 5) is 14.0. The summed E-state index contributed by atoms with van der Waals surface area (Å²) in [6.07, 6.45) is 3.57. The molecule has 18 heavy (non-hydrogen) atoms. The van der Waals surface area contributed by atoms with E-state index in [1.807, 2.05) is 49.2 Å². The van der Waals surface area contributed by atoms with Gasteiger partial charge in [-0.1, -0.05) is 12.1 Å². The topological polar surface area (TPSA) is 49.0 Å². The van der Waals surface area contributed by atoms with Gasteiger partial charge in [0.25, 0.3) is 5.91 Å². The molecule has 0 radical (unpaired) electrons. The molecule has 1 aromatic carbocycles. The minimum atomic E-state index is 0.0744. The van der Waals surface area contributed by atoms with E-state index >= 15 is 0 Å². The third kappa shape index (κ3) is 2.42. The molecule has 1 amide bonds. The first-order valence-corrected chi connectivity index (χ1v) is 6.14. The Labute approximate surface area is 107 Å². The van der Waals surface area contributed by atoms with Gasteiger partial charge in [-0.15, -0.1) is 0 Å². The molecule has 1 N–H and O–H groups in total. The van der Waals surface area contributed by atoms with E-state index in [1.165, 1.54) is 0 Å². The van der Waals surface area contributed by atoms with Gasteiger partial charge in [-0.3, -0.25) is 9.89 Å². The van der Waals surface area contributed by atoms with Crippen LogP contribution in [0.1, 0.15) is 24.2 Å². The first-order valence-electron chi connectivity index (χ1n) is 6.14. The van der Waals surface area contributed by atoms with Crippen molar-refractivity contribution in [1.82, 2.24) is 15.1 Å². The van der Waals surface area contributed by atoms with Crippen LogP contribution in [0.15, 0.2) is 36.7 Å². The van der Waals surface area contributed by atoms with E-state index in [0.29, 0.717) is 0 Å². The Balaban J connectivity index is 2.30. The Morgan fingerprint density at radius 2 is 2.06 bits per heavy atom. The van der Waals surface area contributed by atoms with E-state index in [-0.39, 0.29) is 5.91 Å². The molecule has 0 saturated heterocycles.